The van der Waals surface area contributed by atoms with Gasteiger partial charge in [0.25, 0.3) is 0 Å². The van der Waals surface area contributed by atoms with Crippen molar-refractivity contribution in [3.8, 4) is 6.07 Å². The average molecular weight is 312 g/mol. The van der Waals surface area contributed by atoms with Crippen LogP contribution in [0.5, 0.6) is 0 Å². The smallest absolute Gasteiger partial charge is 0.108 e. The quantitative estimate of drug-likeness (QED) is 0.340. The Morgan fingerprint density at radius 2 is 1.45 bits per heavy atom. The Morgan fingerprint density at radius 1 is 0.955 bits per heavy atom. The monoisotopic (exact) mass is 311 g/mol. The molecule has 1 nitrogen and oxygen atoms in total. The van der Waals surface area contributed by atoms with Crippen molar-refractivity contribution in [1.82, 2.24) is 0 Å². The van der Waals surface area contributed by atoms with Crippen LogP contribution < -0.4 is 0 Å². The van der Waals surface area contributed by atoms with Gasteiger partial charge in [-0.25, -0.2) is 0 Å². The van der Waals surface area contributed by atoms with Gasteiger partial charge in [0.1, 0.15) is 8.07 Å². The second kappa shape index (κ2) is 8.15. The van der Waals surface area contributed by atoms with Crippen LogP contribution in [-0.2, 0) is 0 Å². The van der Waals surface area contributed by atoms with Crippen molar-refractivity contribution in [1.29, 1.82) is 5.26 Å². The molecule has 0 saturated heterocycles. The molecule has 0 fully saturated rings. The molecule has 0 bridgehead atoms. The first-order valence-electron chi connectivity index (χ1n) is 8.21. The number of allylic oxidation sites excluding steroid dienone is 3. The zero-order chi connectivity index (χ0) is 16.8. The molecule has 0 atom stereocenters. The lowest BCUT2D eigenvalue weighted by molar-refractivity contribution is 0.827. The predicted octanol–water partition coefficient (Wildman–Crippen LogP) is 6.37. The molecule has 0 N–H and O–H groups in total. The minimum absolute atomic E-state index is 0.559. The molecule has 0 amide bonds. The van der Waals surface area contributed by atoms with Gasteiger partial charge >= 0.3 is 0 Å². The summed E-state index contributed by atoms with van der Waals surface area (Å²) in [6.45, 7) is 13.7. The van der Waals surface area contributed by atoms with Gasteiger partial charge < -0.3 is 0 Å². The zero-order valence-electron chi connectivity index (χ0n) is 14.8. The Hall–Kier alpha value is -1.59. The van der Waals surface area contributed by atoms with Gasteiger partial charge in [0, 0.05) is 5.20 Å². The summed E-state index contributed by atoms with van der Waals surface area (Å²) >= 11 is 0. The number of nitriles is 1. The van der Waals surface area contributed by atoms with Crippen molar-refractivity contribution < 1.29 is 0 Å². The van der Waals surface area contributed by atoms with Crippen LogP contribution in [0.25, 0.3) is 6.08 Å². The van der Waals surface area contributed by atoms with Crippen molar-refractivity contribution in [3.63, 3.8) is 0 Å². The Balaban J connectivity index is 3.23. The van der Waals surface area contributed by atoms with Crippen LogP contribution in [0.3, 0.4) is 0 Å². The molecular formula is C20H29NSi. The summed E-state index contributed by atoms with van der Waals surface area (Å²) in [5, 5.41) is 10.8. The topological polar surface area (TPSA) is 23.8 Å². The molecule has 0 heterocycles. The van der Waals surface area contributed by atoms with Gasteiger partial charge in [-0.15, -0.1) is 0 Å². The molecule has 1 aromatic rings. The molecular weight excluding hydrogens is 282 g/mol. The Morgan fingerprint density at radius 3 is 1.86 bits per heavy atom. The van der Waals surface area contributed by atoms with Gasteiger partial charge in [-0.1, -0.05) is 90.1 Å². The van der Waals surface area contributed by atoms with E-state index in [0.717, 1.165) is 5.20 Å². The highest BCUT2D eigenvalue weighted by Crippen LogP contribution is 2.46. The minimum atomic E-state index is -1.85. The molecule has 1 aromatic carbocycles. The maximum atomic E-state index is 9.79. The largest absolute Gasteiger partial charge is 0.193 e. The van der Waals surface area contributed by atoms with E-state index in [9.17, 15) is 5.26 Å². The van der Waals surface area contributed by atoms with Crippen LogP contribution in [-0.4, -0.2) is 8.07 Å². The highest BCUT2D eigenvalue weighted by molar-refractivity contribution is 6.90. The molecule has 1 rings (SSSR count). The molecule has 0 aliphatic rings. The van der Waals surface area contributed by atoms with Gasteiger partial charge in [0.2, 0.25) is 0 Å². The van der Waals surface area contributed by atoms with E-state index < -0.39 is 8.07 Å². The molecule has 2 heteroatoms. The van der Waals surface area contributed by atoms with Crippen LogP contribution >= 0.6 is 0 Å². The van der Waals surface area contributed by atoms with E-state index in [2.05, 4.69) is 71.9 Å². The first-order chi connectivity index (χ1) is 10.4. The lowest BCUT2D eigenvalue weighted by Crippen LogP contribution is -2.46. The highest BCUT2D eigenvalue weighted by Gasteiger charge is 2.46. The summed E-state index contributed by atoms with van der Waals surface area (Å²) in [6, 6.07) is 12.8. The molecule has 118 valence electrons. The SMILES string of the molecule is CC(C)[Si](/C(C#N)=C/C=C/c1ccccc1)(C(C)C)C(C)C. The first kappa shape index (κ1) is 18.5. The van der Waals surface area contributed by atoms with Gasteiger partial charge in [0.15, 0.2) is 0 Å². The van der Waals surface area contributed by atoms with E-state index in [4.69, 9.17) is 0 Å². The second-order valence-electron chi connectivity index (χ2n) is 6.86. The molecule has 0 aromatic heterocycles. The van der Waals surface area contributed by atoms with E-state index in [-0.39, 0.29) is 0 Å². The standard InChI is InChI=1S/C20H29NSi/c1-16(2)22(17(3)4,18(5)6)20(15-21)14-10-13-19-11-8-7-9-12-19/h7-14,16-18H,1-6H3/b13-10+,20-14+. The van der Waals surface area contributed by atoms with Crippen molar-refractivity contribution in [2.24, 2.45) is 0 Å². The fourth-order valence-electron chi connectivity index (χ4n) is 4.03. The fraction of sp³-hybridized carbons (Fsp3) is 0.450. The van der Waals surface area contributed by atoms with Crippen LogP contribution in [0.4, 0.5) is 0 Å². The highest BCUT2D eigenvalue weighted by atomic mass is 28.3. The number of nitrogens with zero attached hydrogens (tertiary/aromatic N) is 1. The fourth-order valence-corrected chi connectivity index (χ4v) is 10.5. The van der Waals surface area contributed by atoms with E-state index >= 15 is 0 Å². The first-order valence-corrected chi connectivity index (χ1v) is 10.4. The van der Waals surface area contributed by atoms with Crippen molar-refractivity contribution in [3.05, 3.63) is 53.2 Å². The van der Waals surface area contributed by atoms with Gasteiger partial charge in [-0.05, 0) is 22.2 Å². The third-order valence-corrected chi connectivity index (χ3v) is 11.7. The summed E-state index contributed by atoms with van der Waals surface area (Å²) < 4.78 is 0. The third kappa shape index (κ3) is 3.78. The summed E-state index contributed by atoms with van der Waals surface area (Å²) in [4.78, 5) is 0. The van der Waals surface area contributed by atoms with Crippen molar-refractivity contribution in [2.75, 3.05) is 0 Å². The Kier molecular flexibility index (Phi) is 6.84. The number of hydrogen-bond acceptors (Lipinski definition) is 1. The molecule has 0 aliphatic heterocycles. The van der Waals surface area contributed by atoms with Crippen LogP contribution in [0.2, 0.25) is 16.6 Å². The summed E-state index contributed by atoms with van der Waals surface area (Å²) in [6.07, 6.45) is 6.19. The number of benzene rings is 1. The van der Waals surface area contributed by atoms with E-state index in [1.807, 2.05) is 24.3 Å². The predicted molar refractivity (Wildman–Crippen MR) is 100 cm³/mol. The van der Waals surface area contributed by atoms with Crippen LogP contribution in [0.15, 0.2) is 47.7 Å². The van der Waals surface area contributed by atoms with Crippen LogP contribution in [0.1, 0.15) is 47.1 Å². The third-order valence-electron chi connectivity index (χ3n) is 4.80. The zero-order valence-corrected chi connectivity index (χ0v) is 15.8. The second-order valence-corrected chi connectivity index (χ2v) is 12.7. The molecule has 0 spiro atoms. The van der Waals surface area contributed by atoms with E-state index in [1.165, 1.54) is 5.56 Å². The van der Waals surface area contributed by atoms with Gasteiger partial charge in [-0.2, -0.15) is 5.26 Å². The average Bonchev–Trinajstić information content (AvgIpc) is 2.46. The molecule has 0 unspecified atom stereocenters. The normalized spacial score (nSPS) is 13.4. The molecule has 22 heavy (non-hydrogen) atoms. The Bertz CT molecular complexity index is 537. The summed E-state index contributed by atoms with van der Waals surface area (Å²) in [5.41, 5.74) is 2.84. The maximum Gasteiger partial charge on any atom is 0.108 e. The Labute approximate surface area is 137 Å². The van der Waals surface area contributed by atoms with E-state index in [1.54, 1.807) is 0 Å². The minimum Gasteiger partial charge on any atom is -0.193 e. The van der Waals surface area contributed by atoms with E-state index in [0.29, 0.717) is 16.6 Å². The lowest BCUT2D eigenvalue weighted by atomic mass is 10.2. The van der Waals surface area contributed by atoms with Gasteiger partial charge in [-0.3, -0.25) is 0 Å². The summed E-state index contributed by atoms with van der Waals surface area (Å²) in [7, 11) is -1.85. The van der Waals surface area contributed by atoms with Crippen LogP contribution in [0, 0.1) is 11.3 Å². The number of hydrogen-bond donors (Lipinski definition) is 0. The maximum absolute atomic E-state index is 9.79. The summed E-state index contributed by atoms with van der Waals surface area (Å²) in [5.74, 6) is 0. The van der Waals surface area contributed by atoms with Crippen molar-refractivity contribution >= 4 is 14.1 Å². The molecule has 0 radical (unpaired) electrons. The number of rotatable bonds is 6. The van der Waals surface area contributed by atoms with Gasteiger partial charge in [0.05, 0.1) is 6.07 Å². The molecule has 0 saturated carbocycles. The van der Waals surface area contributed by atoms with Crippen molar-refractivity contribution in [2.45, 2.75) is 58.2 Å². The molecule has 0 aliphatic carbocycles. The lowest BCUT2D eigenvalue weighted by Gasteiger charge is -2.42.